The summed E-state index contributed by atoms with van der Waals surface area (Å²) in [6.07, 6.45) is 0.877. The Labute approximate surface area is 112 Å². The van der Waals surface area contributed by atoms with E-state index in [0.29, 0.717) is 12.8 Å². The van der Waals surface area contributed by atoms with Crippen LogP contribution in [-0.4, -0.2) is 5.00 Å². The lowest BCUT2D eigenvalue weighted by molar-refractivity contribution is 0.589. The second kappa shape index (κ2) is 5.78. The second-order valence-electron chi connectivity index (χ2n) is 4.33. The van der Waals surface area contributed by atoms with Crippen LogP contribution in [0.5, 0.6) is 0 Å². The Bertz CT molecular complexity index is 457. The Morgan fingerprint density at radius 2 is 1.22 bits per heavy atom. The normalized spacial score (nSPS) is 11.2. The molecular weight excluding hydrogens is 246 g/mol. The van der Waals surface area contributed by atoms with Gasteiger partial charge in [0.1, 0.15) is 0 Å². The van der Waals surface area contributed by atoms with Crippen LogP contribution in [0.3, 0.4) is 0 Å². The summed E-state index contributed by atoms with van der Waals surface area (Å²) in [4.78, 5) is 9.95. The van der Waals surface area contributed by atoms with E-state index in [0.717, 1.165) is 11.1 Å². The Kier molecular flexibility index (Phi) is 4.11. The zero-order valence-electron chi connectivity index (χ0n) is 9.92. The number of rotatable bonds is 5. The van der Waals surface area contributed by atoms with Gasteiger partial charge in [-0.1, -0.05) is 72.3 Å². The number of benzene rings is 2. The standard InChI is InChI=1S/C15H14ClNO/c16-15(17-18,11-13-7-3-1-4-8-13)12-14-9-5-2-6-10-14/h1-10H,11-12H2. The Morgan fingerprint density at radius 1 is 0.833 bits per heavy atom. The molecular formula is C15H14ClNO. The molecule has 2 nitrogen and oxygen atoms in total. The molecule has 0 unspecified atom stereocenters. The van der Waals surface area contributed by atoms with Crippen molar-refractivity contribution in [3.8, 4) is 0 Å². The van der Waals surface area contributed by atoms with Gasteiger partial charge in [-0.05, 0) is 16.3 Å². The molecule has 0 N–H and O–H groups in total. The molecule has 0 atom stereocenters. The molecule has 0 aromatic heterocycles. The Morgan fingerprint density at radius 3 is 1.56 bits per heavy atom. The van der Waals surface area contributed by atoms with Crippen molar-refractivity contribution in [2.24, 2.45) is 5.18 Å². The van der Waals surface area contributed by atoms with Crippen molar-refractivity contribution in [3.63, 3.8) is 0 Å². The maximum atomic E-state index is 11.1. The maximum Gasteiger partial charge on any atom is 0.183 e. The van der Waals surface area contributed by atoms with Gasteiger partial charge in [0.25, 0.3) is 0 Å². The van der Waals surface area contributed by atoms with Gasteiger partial charge in [0.2, 0.25) is 0 Å². The van der Waals surface area contributed by atoms with Crippen LogP contribution < -0.4 is 0 Å². The van der Waals surface area contributed by atoms with E-state index in [1.165, 1.54) is 0 Å². The largest absolute Gasteiger partial charge is 0.183 e. The fourth-order valence-electron chi connectivity index (χ4n) is 1.94. The molecule has 0 heterocycles. The quantitative estimate of drug-likeness (QED) is 0.450. The van der Waals surface area contributed by atoms with Gasteiger partial charge < -0.3 is 0 Å². The first kappa shape index (κ1) is 12.8. The van der Waals surface area contributed by atoms with Gasteiger partial charge in [0.05, 0.1) is 0 Å². The van der Waals surface area contributed by atoms with Crippen LogP contribution in [0, 0.1) is 4.91 Å². The predicted molar refractivity (Wildman–Crippen MR) is 74.7 cm³/mol. The fraction of sp³-hybridized carbons (Fsp3) is 0.200. The maximum absolute atomic E-state index is 11.1. The molecule has 0 spiro atoms. The first-order valence-electron chi connectivity index (χ1n) is 5.83. The average molecular weight is 260 g/mol. The van der Waals surface area contributed by atoms with Gasteiger partial charge in [0.15, 0.2) is 5.00 Å². The number of alkyl halides is 1. The van der Waals surface area contributed by atoms with Crippen LogP contribution in [0.2, 0.25) is 0 Å². The summed E-state index contributed by atoms with van der Waals surface area (Å²) < 4.78 is 0. The van der Waals surface area contributed by atoms with Crippen molar-refractivity contribution in [3.05, 3.63) is 76.7 Å². The molecule has 0 saturated heterocycles. The molecule has 18 heavy (non-hydrogen) atoms. The zero-order chi connectivity index (χ0) is 12.8. The van der Waals surface area contributed by atoms with E-state index in [1.54, 1.807) is 0 Å². The summed E-state index contributed by atoms with van der Waals surface area (Å²) in [7, 11) is 0. The summed E-state index contributed by atoms with van der Waals surface area (Å²) >= 11 is 6.31. The topological polar surface area (TPSA) is 29.4 Å². The van der Waals surface area contributed by atoms with E-state index in [4.69, 9.17) is 11.6 Å². The summed E-state index contributed by atoms with van der Waals surface area (Å²) in [5.41, 5.74) is 2.03. The highest BCUT2D eigenvalue weighted by Gasteiger charge is 2.29. The lowest BCUT2D eigenvalue weighted by atomic mass is 9.99. The lowest BCUT2D eigenvalue weighted by Crippen LogP contribution is -2.24. The van der Waals surface area contributed by atoms with Crippen molar-refractivity contribution in [1.82, 2.24) is 0 Å². The molecule has 0 saturated carbocycles. The summed E-state index contributed by atoms with van der Waals surface area (Å²) in [6.45, 7) is 0. The van der Waals surface area contributed by atoms with E-state index in [9.17, 15) is 4.91 Å². The zero-order valence-corrected chi connectivity index (χ0v) is 10.7. The molecule has 0 radical (unpaired) electrons. The van der Waals surface area contributed by atoms with Crippen molar-refractivity contribution >= 4 is 11.6 Å². The van der Waals surface area contributed by atoms with Gasteiger partial charge in [-0.25, -0.2) is 0 Å². The van der Waals surface area contributed by atoms with Crippen LogP contribution in [0.1, 0.15) is 11.1 Å². The number of hydrogen-bond donors (Lipinski definition) is 0. The van der Waals surface area contributed by atoms with Crippen LogP contribution in [0.25, 0.3) is 0 Å². The van der Waals surface area contributed by atoms with Crippen molar-refractivity contribution in [2.45, 2.75) is 17.8 Å². The van der Waals surface area contributed by atoms with E-state index in [1.807, 2.05) is 60.7 Å². The number of halogens is 1. The molecule has 0 bridgehead atoms. The molecule has 2 aromatic carbocycles. The van der Waals surface area contributed by atoms with E-state index >= 15 is 0 Å². The van der Waals surface area contributed by atoms with Gasteiger partial charge in [0, 0.05) is 12.8 Å². The smallest absolute Gasteiger partial charge is 0.149 e. The molecule has 2 rings (SSSR count). The third-order valence-electron chi connectivity index (χ3n) is 2.80. The third kappa shape index (κ3) is 3.41. The van der Waals surface area contributed by atoms with Gasteiger partial charge in [-0.3, -0.25) is 0 Å². The summed E-state index contributed by atoms with van der Waals surface area (Å²) in [5.74, 6) is 0. The van der Waals surface area contributed by atoms with E-state index in [2.05, 4.69) is 5.18 Å². The van der Waals surface area contributed by atoms with Crippen molar-refractivity contribution < 1.29 is 0 Å². The number of hydrogen-bond acceptors (Lipinski definition) is 2. The Hall–Kier alpha value is -1.67. The van der Waals surface area contributed by atoms with Crippen molar-refractivity contribution in [2.75, 3.05) is 0 Å². The summed E-state index contributed by atoms with van der Waals surface area (Å²) in [5, 5.41) is 3.13. The molecule has 0 aliphatic carbocycles. The molecule has 92 valence electrons. The predicted octanol–water partition coefficient (Wildman–Crippen LogP) is 4.17. The first-order chi connectivity index (χ1) is 8.72. The minimum absolute atomic E-state index is 0.438. The highest BCUT2D eigenvalue weighted by molar-refractivity contribution is 6.24. The fourth-order valence-corrected chi connectivity index (χ4v) is 2.25. The van der Waals surface area contributed by atoms with Crippen LogP contribution in [-0.2, 0) is 12.8 Å². The van der Waals surface area contributed by atoms with Crippen LogP contribution >= 0.6 is 11.6 Å². The highest BCUT2D eigenvalue weighted by atomic mass is 35.5. The SMILES string of the molecule is O=NC(Cl)(Cc1ccccc1)Cc1ccccc1. The number of nitrogens with zero attached hydrogens (tertiary/aromatic N) is 1. The monoisotopic (exact) mass is 259 g/mol. The summed E-state index contributed by atoms with van der Waals surface area (Å²) in [6, 6.07) is 19.4. The minimum Gasteiger partial charge on any atom is -0.149 e. The third-order valence-corrected chi connectivity index (χ3v) is 3.14. The van der Waals surface area contributed by atoms with Gasteiger partial charge in [-0.2, -0.15) is 0 Å². The van der Waals surface area contributed by atoms with Gasteiger partial charge >= 0.3 is 0 Å². The number of nitroso groups, excluding NO2 is 1. The molecule has 0 aliphatic rings. The van der Waals surface area contributed by atoms with Gasteiger partial charge in [-0.15, -0.1) is 4.91 Å². The van der Waals surface area contributed by atoms with E-state index < -0.39 is 5.00 Å². The molecule has 0 amide bonds. The van der Waals surface area contributed by atoms with E-state index in [-0.39, 0.29) is 0 Å². The molecule has 0 fully saturated rings. The van der Waals surface area contributed by atoms with Crippen LogP contribution in [0.4, 0.5) is 0 Å². The van der Waals surface area contributed by atoms with Crippen LogP contribution in [0.15, 0.2) is 65.8 Å². The minimum atomic E-state index is -1.11. The second-order valence-corrected chi connectivity index (χ2v) is 5.04. The lowest BCUT2D eigenvalue weighted by Gasteiger charge is -2.19. The molecule has 0 aliphatic heterocycles. The average Bonchev–Trinajstić information content (AvgIpc) is 2.41. The first-order valence-corrected chi connectivity index (χ1v) is 6.21. The van der Waals surface area contributed by atoms with Crippen molar-refractivity contribution in [1.29, 1.82) is 0 Å². The Balaban J connectivity index is 2.13. The molecule has 3 heteroatoms. The molecule has 2 aromatic rings. The highest BCUT2D eigenvalue weighted by Crippen LogP contribution is 2.27.